The second-order valence-corrected chi connectivity index (χ2v) is 9.43. The first-order valence-electron chi connectivity index (χ1n) is 11.1. The molecule has 0 radical (unpaired) electrons. The molecule has 7 heteroatoms. The number of nitriles is 1. The van der Waals surface area contributed by atoms with E-state index in [9.17, 15) is 5.26 Å². The fraction of sp³-hybridized carbons (Fsp3) is 0.269. The third-order valence-corrected chi connectivity index (χ3v) is 6.90. The number of nitrogens with one attached hydrogen (secondary N) is 2. The summed E-state index contributed by atoms with van der Waals surface area (Å²) in [5.41, 5.74) is 5.46. The van der Waals surface area contributed by atoms with Crippen LogP contribution in [0.25, 0.3) is 21.0 Å². The lowest BCUT2D eigenvalue weighted by Crippen LogP contribution is -2.19. The first-order valence-corrected chi connectivity index (χ1v) is 11.9. The van der Waals surface area contributed by atoms with Gasteiger partial charge in [-0.3, -0.25) is 0 Å². The second-order valence-electron chi connectivity index (χ2n) is 8.40. The molecule has 0 amide bonds. The number of thiazole rings is 1. The van der Waals surface area contributed by atoms with E-state index in [-0.39, 0.29) is 6.10 Å². The third kappa shape index (κ3) is 4.40. The molecule has 0 fully saturated rings. The van der Waals surface area contributed by atoms with Crippen molar-refractivity contribution in [2.75, 3.05) is 0 Å². The van der Waals surface area contributed by atoms with E-state index >= 15 is 0 Å². The summed E-state index contributed by atoms with van der Waals surface area (Å²) in [5, 5.41) is 14.1. The van der Waals surface area contributed by atoms with Crippen molar-refractivity contribution in [2.45, 2.75) is 45.4 Å². The van der Waals surface area contributed by atoms with Crippen LogP contribution in [0.4, 0.5) is 0 Å². The highest BCUT2D eigenvalue weighted by Crippen LogP contribution is 2.41. The van der Waals surface area contributed by atoms with Crippen molar-refractivity contribution in [3.8, 4) is 32.8 Å². The van der Waals surface area contributed by atoms with Crippen LogP contribution in [-0.2, 0) is 13.0 Å². The molecule has 2 heterocycles. The van der Waals surface area contributed by atoms with Crippen LogP contribution in [0.15, 0.2) is 55.0 Å². The molecule has 0 spiro atoms. The first-order chi connectivity index (χ1) is 16.1. The van der Waals surface area contributed by atoms with Gasteiger partial charge >= 0.3 is 0 Å². The smallest absolute Gasteiger partial charge is 0.137 e. The summed E-state index contributed by atoms with van der Waals surface area (Å²) in [5.74, 6) is 1.57. The van der Waals surface area contributed by atoms with Crippen LogP contribution in [0.2, 0.25) is 0 Å². The van der Waals surface area contributed by atoms with E-state index in [1.54, 1.807) is 17.5 Å². The second kappa shape index (κ2) is 9.18. The van der Waals surface area contributed by atoms with Gasteiger partial charge in [0, 0.05) is 30.2 Å². The van der Waals surface area contributed by atoms with Gasteiger partial charge in [0.1, 0.15) is 22.7 Å². The van der Waals surface area contributed by atoms with Crippen LogP contribution in [0.1, 0.15) is 48.8 Å². The Morgan fingerprint density at radius 1 is 1.27 bits per heavy atom. The van der Waals surface area contributed by atoms with Crippen molar-refractivity contribution in [3.05, 3.63) is 77.5 Å². The minimum Gasteiger partial charge on any atom is -0.490 e. The number of ether oxygens (including phenoxy) is 1. The molecule has 2 N–H and O–H groups in total. The number of hydrogen-bond donors (Lipinski definition) is 2. The lowest BCUT2D eigenvalue weighted by molar-refractivity contribution is 0.242. The Morgan fingerprint density at radius 3 is 2.97 bits per heavy atom. The summed E-state index contributed by atoms with van der Waals surface area (Å²) in [6.07, 6.45) is 7.71. The molecule has 5 rings (SSSR count). The van der Waals surface area contributed by atoms with E-state index in [4.69, 9.17) is 4.74 Å². The van der Waals surface area contributed by atoms with Gasteiger partial charge in [0.2, 0.25) is 0 Å². The highest BCUT2D eigenvalue weighted by atomic mass is 32.1. The van der Waals surface area contributed by atoms with Gasteiger partial charge in [0.25, 0.3) is 0 Å². The maximum Gasteiger partial charge on any atom is 0.137 e. The Labute approximate surface area is 197 Å². The van der Waals surface area contributed by atoms with E-state index in [1.165, 1.54) is 16.7 Å². The molecule has 1 aliphatic carbocycles. The lowest BCUT2D eigenvalue weighted by Gasteiger charge is -2.14. The molecule has 33 heavy (non-hydrogen) atoms. The molecule has 0 saturated heterocycles. The Balaban J connectivity index is 1.39. The topological polar surface area (TPSA) is 86.6 Å². The van der Waals surface area contributed by atoms with Crippen LogP contribution < -0.4 is 10.1 Å². The fourth-order valence-corrected chi connectivity index (χ4v) is 5.32. The zero-order chi connectivity index (χ0) is 22.8. The molecule has 0 unspecified atom stereocenters. The predicted molar refractivity (Wildman–Crippen MR) is 130 cm³/mol. The number of aromatic amines is 1. The van der Waals surface area contributed by atoms with E-state index < -0.39 is 0 Å². The standard InChI is InChI=1S/C26H25N5OS/c1-16(2)32-23-9-6-17(12-18(23)13-27)26-31-14-24(33-26)21-5-3-4-20-19(21)7-8-22(20)30-15-25-28-10-11-29-25/h3-6,9-12,14,16,22,30H,7-8,15H2,1-2H3,(H,28,29)/t22-/m1/s1. The zero-order valence-electron chi connectivity index (χ0n) is 18.6. The van der Waals surface area contributed by atoms with E-state index in [2.05, 4.69) is 44.5 Å². The average Bonchev–Trinajstić information content (AvgIpc) is 3.58. The minimum atomic E-state index is 0.0204. The summed E-state index contributed by atoms with van der Waals surface area (Å²) < 4.78 is 5.75. The number of H-pyrrole nitrogens is 1. The molecule has 4 aromatic rings. The molecule has 0 bridgehead atoms. The number of imidazole rings is 1. The summed E-state index contributed by atoms with van der Waals surface area (Å²) in [7, 11) is 0. The maximum atomic E-state index is 9.56. The number of hydrogen-bond acceptors (Lipinski definition) is 6. The van der Waals surface area contributed by atoms with Gasteiger partial charge in [0.05, 0.1) is 23.1 Å². The number of rotatable bonds is 7. The van der Waals surface area contributed by atoms with Crippen LogP contribution in [-0.4, -0.2) is 21.1 Å². The van der Waals surface area contributed by atoms with Crippen molar-refractivity contribution in [1.82, 2.24) is 20.3 Å². The minimum absolute atomic E-state index is 0.0204. The van der Waals surface area contributed by atoms with E-state index in [1.807, 2.05) is 44.4 Å². The third-order valence-electron chi connectivity index (χ3n) is 5.82. The largest absolute Gasteiger partial charge is 0.490 e. The van der Waals surface area contributed by atoms with Crippen LogP contribution in [0.5, 0.6) is 5.75 Å². The first kappa shape index (κ1) is 21.4. The summed E-state index contributed by atoms with van der Waals surface area (Å²) in [6.45, 7) is 4.64. The Morgan fingerprint density at radius 2 is 2.18 bits per heavy atom. The quantitative estimate of drug-likeness (QED) is 0.377. The van der Waals surface area contributed by atoms with Gasteiger partial charge < -0.3 is 15.0 Å². The molecule has 0 aliphatic heterocycles. The number of fused-ring (bicyclic) bond motifs is 1. The molecular weight excluding hydrogens is 430 g/mol. The SMILES string of the molecule is CC(C)Oc1ccc(-c2ncc(-c3cccc4c3CC[C@H]4NCc3ncc[nH]3)s2)cc1C#N. The van der Waals surface area contributed by atoms with Crippen LogP contribution >= 0.6 is 11.3 Å². The maximum absolute atomic E-state index is 9.56. The lowest BCUT2D eigenvalue weighted by atomic mass is 10.0. The number of nitrogens with zero attached hydrogens (tertiary/aromatic N) is 3. The monoisotopic (exact) mass is 455 g/mol. The molecular formula is C26H25N5OS. The van der Waals surface area contributed by atoms with E-state index in [0.717, 1.165) is 40.7 Å². The molecule has 2 aromatic carbocycles. The summed E-state index contributed by atoms with van der Waals surface area (Å²) in [6, 6.07) is 14.8. The predicted octanol–water partition coefficient (Wildman–Crippen LogP) is 5.64. The average molecular weight is 456 g/mol. The number of benzene rings is 2. The van der Waals surface area contributed by atoms with Gasteiger partial charge in [-0.1, -0.05) is 18.2 Å². The van der Waals surface area contributed by atoms with Crippen molar-refractivity contribution < 1.29 is 4.74 Å². The fourth-order valence-electron chi connectivity index (χ4n) is 4.35. The van der Waals surface area contributed by atoms with Gasteiger partial charge in [-0.15, -0.1) is 11.3 Å². The van der Waals surface area contributed by atoms with Gasteiger partial charge in [0.15, 0.2) is 0 Å². The molecule has 166 valence electrons. The van der Waals surface area contributed by atoms with Crippen molar-refractivity contribution in [3.63, 3.8) is 0 Å². The van der Waals surface area contributed by atoms with Gasteiger partial charge in [-0.25, -0.2) is 9.97 Å². The molecule has 1 aliphatic rings. The van der Waals surface area contributed by atoms with Crippen molar-refractivity contribution in [2.24, 2.45) is 0 Å². The molecule has 0 saturated carbocycles. The Hall–Kier alpha value is -3.47. The normalized spacial score (nSPS) is 14.9. The van der Waals surface area contributed by atoms with Crippen molar-refractivity contribution in [1.29, 1.82) is 5.26 Å². The molecule has 6 nitrogen and oxygen atoms in total. The van der Waals surface area contributed by atoms with Gasteiger partial charge in [-0.2, -0.15) is 5.26 Å². The van der Waals surface area contributed by atoms with Gasteiger partial charge in [-0.05, 0) is 61.6 Å². The number of aromatic nitrogens is 3. The molecule has 2 aromatic heterocycles. The summed E-state index contributed by atoms with van der Waals surface area (Å²) in [4.78, 5) is 13.3. The highest BCUT2D eigenvalue weighted by molar-refractivity contribution is 7.18. The highest BCUT2D eigenvalue weighted by Gasteiger charge is 2.25. The van der Waals surface area contributed by atoms with E-state index in [0.29, 0.717) is 17.4 Å². The molecule has 1 atom stereocenters. The Bertz CT molecular complexity index is 1300. The zero-order valence-corrected chi connectivity index (χ0v) is 19.4. The Kier molecular flexibility index (Phi) is 5.95. The van der Waals surface area contributed by atoms with Crippen LogP contribution in [0.3, 0.4) is 0 Å². The summed E-state index contributed by atoms with van der Waals surface area (Å²) >= 11 is 1.66. The van der Waals surface area contributed by atoms with Crippen molar-refractivity contribution >= 4 is 11.3 Å². The van der Waals surface area contributed by atoms with Crippen LogP contribution in [0, 0.1) is 11.3 Å².